The number of hydrogen-bond donors (Lipinski definition) is 1. The van der Waals surface area contributed by atoms with E-state index in [0.717, 1.165) is 0 Å². The largest absolute Gasteiger partial charge is 0.496 e. The van der Waals surface area contributed by atoms with Crippen LogP contribution >= 0.6 is 11.3 Å². The molecule has 2 aromatic heterocycles. The maximum Gasteiger partial charge on any atom is 0.336 e. The molecular formula is C14H12N4O5S2. The highest BCUT2D eigenvalue weighted by molar-refractivity contribution is 7.91. The quantitative estimate of drug-likeness (QED) is 0.684. The number of carbonyl (C=O) groups is 1. The van der Waals surface area contributed by atoms with Crippen molar-refractivity contribution in [3.8, 4) is 17.2 Å². The van der Waals surface area contributed by atoms with E-state index >= 15 is 0 Å². The molecule has 9 nitrogen and oxygen atoms in total. The average molecular weight is 380 g/mol. The summed E-state index contributed by atoms with van der Waals surface area (Å²) in [5.41, 5.74) is 0.450. The number of thiazole rings is 1. The number of nitrogens with one attached hydrogen (secondary N) is 1. The van der Waals surface area contributed by atoms with Gasteiger partial charge in [-0.2, -0.15) is 0 Å². The molecule has 0 saturated heterocycles. The van der Waals surface area contributed by atoms with Crippen molar-refractivity contribution in [1.29, 1.82) is 0 Å². The van der Waals surface area contributed by atoms with Crippen molar-refractivity contribution < 1.29 is 22.4 Å². The van der Waals surface area contributed by atoms with Crippen LogP contribution in [0.5, 0.6) is 5.75 Å². The molecule has 25 heavy (non-hydrogen) atoms. The average Bonchev–Trinajstić information content (AvgIpc) is 3.26. The molecule has 0 aliphatic rings. The Labute approximate surface area is 146 Å². The van der Waals surface area contributed by atoms with E-state index in [9.17, 15) is 13.2 Å². The van der Waals surface area contributed by atoms with Crippen LogP contribution in [0.3, 0.4) is 0 Å². The van der Waals surface area contributed by atoms with Gasteiger partial charge >= 0.3 is 5.22 Å². The summed E-state index contributed by atoms with van der Waals surface area (Å²) in [6.07, 6.45) is 1.49. The van der Waals surface area contributed by atoms with Crippen LogP contribution in [0.15, 0.2) is 45.5 Å². The molecule has 0 bridgehead atoms. The van der Waals surface area contributed by atoms with Gasteiger partial charge in [0.2, 0.25) is 15.7 Å². The van der Waals surface area contributed by atoms with Crippen LogP contribution in [-0.4, -0.2) is 42.4 Å². The number of anilines is 1. The summed E-state index contributed by atoms with van der Waals surface area (Å²) >= 11 is 1.18. The summed E-state index contributed by atoms with van der Waals surface area (Å²) < 4.78 is 34.9. The number of sulfone groups is 1. The van der Waals surface area contributed by atoms with Gasteiger partial charge in [-0.1, -0.05) is 17.2 Å². The predicted molar refractivity (Wildman–Crippen MR) is 89.1 cm³/mol. The molecular weight excluding hydrogens is 368 g/mol. The normalized spacial score (nSPS) is 11.2. The Morgan fingerprint density at radius 3 is 2.84 bits per heavy atom. The standard InChI is InChI=1S/C14H12N4O5S2/c1-22-10-5-3-2-4-9(10)12-17-18-14(23-12)25(20,21)8-11(19)16-13-15-6-7-24-13/h2-7H,8H2,1H3,(H,15,16,19). The number of aromatic nitrogens is 3. The summed E-state index contributed by atoms with van der Waals surface area (Å²) in [5.74, 6) is -1.14. The zero-order valence-corrected chi connectivity index (χ0v) is 14.5. The van der Waals surface area contributed by atoms with Crippen LogP contribution in [0.25, 0.3) is 11.5 Å². The Bertz CT molecular complexity index is 982. The van der Waals surface area contributed by atoms with E-state index in [0.29, 0.717) is 16.4 Å². The molecule has 0 atom stereocenters. The van der Waals surface area contributed by atoms with Crippen molar-refractivity contribution >= 4 is 32.2 Å². The lowest BCUT2D eigenvalue weighted by molar-refractivity contribution is -0.113. The van der Waals surface area contributed by atoms with Gasteiger partial charge in [0.1, 0.15) is 11.5 Å². The Kier molecular flexibility index (Phi) is 4.76. The lowest BCUT2D eigenvalue weighted by Crippen LogP contribution is -2.23. The molecule has 130 valence electrons. The lowest BCUT2D eigenvalue weighted by atomic mass is 10.2. The fourth-order valence-electron chi connectivity index (χ4n) is 1.94. The number of hydrogen-bond acceptors (Lipinski definition) is 9. The predicted octanol–water partition coefficient (Wildman–Crippen LogP) is 1.61. The molecule has 0 fully saturated rings. The number of methoxy groups -OCH3 is 1. The molecule has 3 aromatic rings. The van der Waals surface area contributed by atoms with Crippen LogP contribution in [0, 0.1) is 0 Å². The number of carbonyl (C=O) groups excluding carboxylic acids is 1. The number of nitrogens with zero attached hydrogens (tertiary/aromatic N) is 3. The van der Waals surface area contributed by atoms with Gasteiger partial charge < -0.3 is 14.5 Å². The first-order chi connectivity index (χ1) is 12.0. The van der Waals surface area contributed by atoms with Gasteiger partial charge in [0, 0.05) is 11.6 Å². The Hall–Kier alpha value is -2.79. The molecule has 0 spiro atoms. The highest BCUT2D eigenvalue weighted by atomic mass is 32.2. The monoisotopic (exact) mass is 380 g/mol. The van der Waals surface area contributed by atoms with Gasteiger partial charge in [-0.25, -0.2) is 13.4 Å². The summed E-state index contributed by atoms with van der Waals surface area (Å²) in [4.78, 5) is 15.7. The maximum absolute atomic E-state index is 12.3. The SMILES string of the molecule is COc1ccccc1-c1nnc(S(=O)(=O)CC(=O)Nc2nccs2)o1. The minimum Gasteiger partial charge on any atom is -0.496 e. The first-order valence-corrected chi connectivity index (χ1v) is 9.42. The van der Waals surface area contributed by atoms with Crippen molar-refractivity contribution in [2.24, 2.45) is 0 Å². The molecule has 11 heteroatoms. The fourth-order valence-corrected chi connectivity index (χ4v) is 3.40. The van der Waals surface area contributed by atoms with Gasteiger partial charge in [-0.05, 0) is 12.1 Å². The second kappa shape index (κ2) is 6.99. The van der Waals surface area contributed by atoms with Gasteiger partial charge in [0.15, 0.2) is 5.13 Å². The van der Waals surface area contributed by atoms with Gasteiger partial charge in [0.05, 0.1) is 12.7 Å². The second-order valence-corrected chi connectivity index (χ2v) is 7.48. The summed E-state index contributed by atoms with van der Waals surface area (Å²) in [6, 6.07) is 6.80. The minimum absolute atomic E-state index is 0.0173. The van der Waals surface area contributed by atoms with Crippen molar-refractivity contribution in [3.63, 3.8) is 0 Å². The molecule has 1 aromatic carbocycles. The smallest absolute Gasteiger partial charge is 0.336 e. The van der Waals surface area contributed by atoms with Crippen molar-refractivity contribution in [3.05, 3.63) is 35.8 Å². The molecule has 0 radical (unpaired) electrons. The zero-order valence-electron chi connectivity index (χ0n) is 12.9. The number of amides is 1. The number of ether oxygens (including phenoxy) is 1. The first-order valence-electron chi connectivity index (χ1n) is 6.88. The van der Waals surface area contributed by atoms with Gasteiger partial charge in [-0.15, -0.1) is 16.4 Å². The highest BCUT2D eigenvalue weighted by Gasteiger charge is 2.27. The van der Waals surface area contributed by atoms with Crippen LogP contribution < -0.4 is 10.1 Å². The maximum atomic E-state index is 12.3. The van der Waals surface area contributed by atoms with E-state index in [4.69, 9.17) is 9.15 Å². The van der Waals surface area contributed by atoms with Crippen molar-refractivity contribution in [2.75, 3.05) is 18.2 Å². The van der Waals surface area contributed by atoms with E-state index in [1.807, 2.05) is 0 Å². The van der Waals surface area contributed by atoms with Crippen LogP contribution in [-0.2, 0) is 14.6 Å². The van der Waals surface area contributed by atoms with Crippen molar-refractivity contribution in [1.82, 2.24) is 15.2 Å². The third-order valence-corrected chi connectivity index (χ3v) is 5.04. The summed E-state index contributed by atoms with van der Waals surface area (Å²) in [6.45, 7) is 0. The van der Waals surface area contributed by atoms with E-state index < -0.39 is 26.7 Å². The minimum atomic E-state index is -4.09. The van der Waals surface area contributed by atoms with Crippen molar-refractivity contribution in [2.45, 2.75) is 5.22 Å². The summed E-state index contributed by atoms with van der Waals surface area (Å²) in [7, 11) is -2.62. The molecule has 1 amide bonds. The molecule has 0 unspecified atom stereocenters. The number of rotatable bonds is 6. The highest BCUT2D eigenvalue weighted by Crippen LogP contribution is 2.29. The van der Waals surface area contributed by atoms with Crippen LogP contribution in [0.1, 0.15) is 0 Å². The van der Waals surface area contributed by atoms with E-state index in [1.54, 1.807) is 29.6 Å². The van der Waals surface area contributed by atoms with Gasteiger partial charge in [-0.3, -0.25) is 4.79 Å². The number of para-hydroxylation sites is 1. The lowest BCUT2D eigenvalue weighted by Gasteiger charge is -2.03. The molecule has 0 aliphatic carbocycles. The van der Waals surface area contributed by atoms with E-state index in [2.05, 4.69) is 20.5 Å². The topological polar surface area (TPSA) is 124 Å². The second-order valence-electron chi connectivity index (χ2n) is 4.72. The molecule has 0 saturated carbocycles. The van der Waals surface area contributed by atoms with Gasteiger partial charge in [0.25, 0.3) is 5.89 Å². The molecule has 0 aliphatic heterocycles. The fraction of sp³-hybridized carbons (Fsp3) is 0.143. The van der Waals surface area contributed by atoms with E-state index in [1.165, 1.54) is 24.6 Å². The van der Waals surface area contributed by atoms with Crippen LogP contribution in [0.2, 0.25) is 0 Å². The van der Waals surface area contributed by atoms with E-state index in [-0.39, 0.29) is 5.89 Å². The van der Waals surface area contributed by atoms with Crippen LogP contribution in [0.4, 0.5) is 5.13 Å². The zero-order chi connectivity index (χ0) is 17.9. The Morgan fingerprint density at radius 1 is 1.32 bits per heavy atom. The summed E-state index contributed by atoms with van der Waals surface area (Å²) in [5, 5.41) is 11.0. The number of benzene rings is 1. The molecule has 2 heterocycles. The molecule has 3 rings (SSSR count). The molecule has 1 N–H and O–H groups in total. The Balaban J connectivity index is 1.79. The first kappa shape index (κ1) is 17.0. The Morgan fingerprint density at radius 2 is 2.12 bits per heavy atom. The third kappa shape index (κ3) is 3.83. The third-order valence-electron chi connectivity index (χ3n) is 3.01.